The van der Waals surface area contributed by atoms with Crippen molar-refractivity contribution in [3.05, 3.63) is 11.1 Å². The van der Waals surface area contributed by atoms with Gasteiger partial charge in [0.15, 0.2) is 0 Å². The SMILES string of the molecule is CNC(=O)CC/C(C(=O)NC)=C(\C)C(=O)O. The van der Waals surface area contributed by atoms with E-state index < -0.39 is 11.9 Å². The van der Waals surface area contributed by atoms with Crippen LogP contribution in [-0.2, 0) is 14.4 Å². The molecule has 0 aromatic carbocycles. The molecule has 0 aromatic rings. The van der Waals surface area contributed by atoms with E-state index >= 15 is 0 Å². The Balaban J connectivity index is 4.84. The van der Waals surface area contributed by atoms with Gasteiger partial charge < -0.3 is 15.7 Å². The van der Waals surface area contributed by atoms with E-state index in [2.05, 4.69) is 10.6 Å². The van der Waals surface area contributed by atoms with E-state index in [1.807, 2.05) is 0 Å². The third-order valence-electron chi connectivity index (χ3n) is 2.16. The van der Waals surface area contributed by atoms with E-state index in [-0.39, 0.29) is 29.9 Å². The van der Waals surface area contributed by atoms with Crippen molar-refractivity contribution in [1.29, 1.82) is 0 Å². The number of nitrogens with one attached hydrogen (secondary N) is 2. The number of carboxylic acid groups (broad SMARTS) is 1. The zero-order valence-corrected chi connectivity index (χ0v) is 9.59. The summed E-state index contributed by atoms with van der Waals surface area (Å²) in [6.07, 6.45) is 0.196. The number of carbonyl (C=O) groups is 3. The van der Waals surface area contributed by atoms with Crippen LogP contribution in [0.25, 0.3) is 0 Å². The van der Waals surface area contributed by atoms with Gasteiger partial charge in [-0.05, 0) is 13.3 Å². The molecule has 0 rings (SSSR count). The van der Waals surface area contributed by atoms with Gasteiger partial charge in [-0.2, -0.15) is 0 Å². The number of hydrogen-bond donors (Lipinski definition) is 3. The van der Waals surface area contributed by atoms with Crippen molar-refractivity contribution < 1.29 is 19.5 Å². The Bertz CT molecular complexity index is 334. The van der Waals surface area contributed by atoms with Gasteiger partial charge in [-0.3, -0.25) is 9.59 Å². The van der Waals surface area contributed by atoms with Crippen molar-refractivity contribution in [1.82, 2.24) is 10.6 Å². The van der Waals surface area contributed by atoms with E-state index in [1.54, 1.807) is 0 Å². The minimum Gasteiger partial charge on any atom is -0.478 e. The summed E-state index contributed by atoms with van der Waals surface area (Å²) in [4.78, 5) is 33.1. The lowest BCUT2D eigenvalue weighted by Crippen LogP contribution is -2.24. The topological polar surface area (TPSA) is 95.5 Å². The molecule has 0 heterocycles. The first-order valence-electron chi connectivity index (χ1n) is 4.79. The summed E-state index contributed by atoms with van der Waals surface area (Å²) in [6, 6.07) is 0. The van der Waals surface area contributed by atoms with Crippen molar-refractivity contribution in [3.63, 3.8) is 0 Å². The summed E-state index contributed by atoms with van der Waals surface area (Å²) in [7, 11) is 2.90. The Morgan fingerprint density at radius 1 is 1.06 bits per heavy atom. The lowest BCUT2D eigenvalue weighted by molar-refractivity contribution is -0.133. The normalized spacial score (nSPS) is 11.4. The maximum atomic E-state index is 11.4. The van der Waals surface area contributed by atoms with Crippen LogP contribution in [0.2, 0.25) is 0 Å². The molecule has 0 atom stereocenters. The van der Waals surface area contributed by atoms with E-state index in [0.717, 1.165) is 0 Å². The first-order chi connectivity index (χ1) is 7.43. The predicted octanol–water partition coefficient (Wildman–Crippen LogP) is -0.340. The summed E-state index contributed by atoms with van der Waals surface area (Å²) in [5.41, 5.74) is 0.0850. The summed E-state index contributed by atoms with van der Waals surface area (Å²) in [6.45, 7) is 1.34. The molecule has 0 radical (unpaired) electrons. The smallest absolute Gasteiger partial charge is 0.331 e. The first kappa shape index (κ1) is 14.2. The molecule has 0 unspecified atom stereocenters. The summed E-state index contributed by atoms with van der Waals surface area (Å²) < 4.78 is 0. The summed E-state index contributed by atoms with van der Waals surface area (Å²) in [5, 5.41) is 13.5. The van der Waals surface area contributed by atoms with Crippen molar-refractivity contribution in [2.45, 2.75) is 19.8 Å². The molecule has 6 heteroatoms. The quantitative estimate of drug-likeness (QED) is 0.561. The van der Waals surface area contributed by atoms with Crippen LogP contribution >= 0.6 is 0 Å². The molecule has 0 bridgehead atoms. The maximum absolute atomic E-state index is 11.4. The van der Waals surface area contributed by atoms with Gasteiger partial charge in [0, 0.05) is 31.7 Å². The van der Waals surface area contributed by atoms with E-state index in [9.17, 15) is 14.4 Å². The highest BCUT2D eigenvalue weighted by molar-refractivity contribution is 6.02. The van der Waals surface area contributed by atoms with Crippen molar-refractivity contribution in [2.24, 2.45) is 0 Å². The molecule has 0 fully saturated rings. The zero-order valence-electron chi connectivity index (χ0n) is 9.59. The molecule has 0 aromatic heterocycles. The second-order valence-corrected chi connectivity index (χ2v) is 3.16. The van der Waals surface area contributed by atoms with Crippen molar-refractivity contribution in [3.8, 4) is 0 Å². The van der Waals surface area contributed by atoms with Gasteiger partial charge in [-0.15, -0.1) is 0 Å². The average molecular weight is 228 g/mol. The molecule has 6 nitrogen and oxygen atoms in total. The van der Waals surface area contributed by atoms with Gasteiger partial charge in [-0.25, -0.2) is 4.79 Å². The molecule has 16 heavy (non-hydrogen) atoms. The van der Waals surface area contributed by atoms with E-state index in [0.29, 0.717) is 0 Å². The zero-order chi connectivity index (χ0) is 12.7. The van der Waals surface area contributed by atoms with Crippen LogP contribution in [0.3, 0.4) is 0 Å². The highest BCUT2D eigenvalue weighted by atomic mass is 16.4. The molecule has 2 amide bonds. The number of rotatable bonds is 5. The van der Waals surface area contributed by atoms with Crippen LogP contribution in [0, 0.1) is 0 Å². The Labute approximate surface area is 93.7 Å². The Hall–Kier alpha value is -1.85. The molecular formula is C10H16N2O4. The summed E-state index contributed by atoms with van der Waals surface area (Å²) >= 11 is 0. The van der Waals surface area contributed by atoms with Gasteiger partial charge >= 0.3 is 5.97 Å². The molecule has 0 aliphatic rings. The summed E-state index contributed by atoms with van der Waals surface area (Å²) in [5.74, 6) is -1.86. The lowest BCUT2D eigenvalue weighted by Gasteiger charge is -2.07. The minimum atomic E-state index is -1.16. The van der Waals surface area contributed by atoms with E-state index in [1.165, 1.54) is 21.0 Å². The Morgan fingerprint density at radius 2 is 1.62 bits per heavy atom. The second kappa shape index (κ2) is 6.60. The number of carboxylic acids is 1. The second-order valence-electron chi connectivity index (χ2n) is 3.16. The van der Waals surface area contributed by atoms with Crippen LogP contribution in [0.15, 0.2) is 11.1 Å². The van der Waals surface area contributed by atoms with Crippen LogP contribution in [-0.4, -0.2) is 37.0 Å². The molecule has 0 saturated carbocycles. The molecule has 0 saturated heterocycles. The number of likely N-dealkylation sites (N-methyl/N-ethyl adjacent to an activating group) is 1. The Kier molecular flexibility index (Phi) is 5.84. The molecule has 0 aliphatic carbocycles. The highest BCUT2D eigenvalue weighted by Crippen LogP contribution is 2.11. The highest BCUT2D eigenvalue weighted by Gasteiger charge is 2.16. The molecule has 0 aliphatic heterocycles. The third kappa shape index (κ3) is 4.12. The largest absolute Gasteiger partial charge is 0.478 e. The molecule has 3 N–H and O–H groups in total. The van der Waals surface area contributed by atoms with Gasteiger partial charge in [0.2, 0.25) is 11.8 Å². The number of amides is 2. The average Bonchev–Trinajstić information content (AvgIpc) is 2.27. The van der Waals surface area contributed by atoms with Gasteiger partial charge in [0.05, 0.1) is 0 Å². The van der Waals surface area contributed by atoms with Crippen LogP contribution in [0.1, 0.15) is 19.8 Å². The van der Waals surface area contributed by atoms with Gasteiger partial charge in [0.1, 0.15) is 0 Å². The van der Waals surface area contributed by atoms with Crippen LogP contribution in [0.4, 0.5) is 0 Å². The van der Waals surface area contributed by atoms with Gasteiger partial charge in [-0.1, -0.05) is 0 Å². The monoisotopic (exact) mass is 228 g/mol. The van der Waals surface area contributed by atoms with Crippen molar-refractivity contribution >= 4 is 17.8 Å². The number of aliphatic carboxylic acids is 1. The predicted molar refractivity (Wildman–Crippen MR) is 57.7 cm³/mol. The fourth-order valence-corrected chi connectivity index (χ4v) is 1.11. The number of hydrogen-bond acceptors (Lipinski definition) is 3. The third-order valence-corrected chi connectivity index (χ3v) is 2.16. The number of carbonyl (C=O) groups excluding carboxylic acids is 2. The first-order valence-corrected chi connectivity index (χ1v) is 4.79. The lowest BCUT2D eigenvalue weighted by atomic mass is 10.0. The van der Waals surface area contributed by atoms with Crippen molar-refractivity contribution in [2.75, 3.05) is 14.1 Å². The fraction of sp³-hybridized carbons (Fsp3) is 0.500. The van der Waals surface area contributed by atoms with E-state index in [4.69, 9.17) is 5.11 Å². The molecule has 0 spiro atoms. The fourth-order valence-electron chi connectivity index (χ4n) is 1.11. The molecular weight excluding hydrogens is 212 g/mol. The molecule has 90 valence electrons. The van der Waals surface area contributed by atoms with Gasteiger partial charge in [0.25, 0.3) is 0 Å². The maximum Gasteiger partial charge on any atom is 0.331 e. The van der Waals surface area contributed by atoms with Crippen LogP contribution in [0.5, 0.6) is 0 Å². The minimum absolute atomic E-state index is 0.0387. The standard InChI is InChI=1S/C10H16N2O4/c1-6(10(15)16)7(9(14)12-3)4-5-8(13)11-2/h4-5H2,1-3H3,(H,11,13)(H,12,14)(H,15,16)/b7-6-. The Morgan fingerprint density at radius 3 is 2.00 bits per heavy atom. The van der Waals surface area contributed by atoms with Crippen LogP contribution < -0.4 is 10.6 Å².